The van der Waals surface area contributed by atoms with Crippen molar-refractivity contribution in [2.45, 2.75) is 12.5 Å². The van der Waals surface area contributed by atoms with Gasteiger partial charge in [-0.15, -0.1) is 0 Å². The van der Waals surface area contributed by atoms with Crippen molar-refractivity contribution in [1.29, 1.82) is 0 Å². The van der Waals surface area contributed by atoms with Crippen LogP contribution in [0, 0.1) is 0 Å². The first-order valence-electron chi connectivity index (χ1n) is 7.36. The van der Waals surface area contributed by atoms with Crippen LogP contribution in [0.5, 0.6) is 0 Å². The number of halogens is 1. The number of ether oxygens (including phenoxy) is 1. The fraction of sp³-hybridized carbons (Fsp3) is 0.533. The fourth-order valence-corrected chi connectivity index (χ4v) is 2.86. The van der Waals surface area contributed by atoms with Crippen LogP contribution in [-0.2, 0) is 4.74 Å². The lowest BCUT2D eigenvalue weighted by Crippen LogP contribution is -2.53. The maximum atomic E-state index is 12.2. The highest BCUT2D eigenvalue weighted by Crippen LogP contribution is 2.19. The van der Waals surface area contributed by atoms with Crippen molar-refractivity contribution in [1.82, 2.24) is 10.2 Å². The number of carbonyl (C=O) groups is 1. The van der Waals surface area contributed by atoms with Gasteiger partial charge in [-0.25, -0.2) is 4.79 Å². The monoisotopic (exact) mass is 309 g/mol. The van der Waals surface area contributed by atoms with Crippen LogP contribution >= 0.6 is 11.6 Å². The van der Waals surface area contributed by atoms with E-state index in [2.05, 4.69) is 10.2 Å². The quantitative estimate of drug-likeness (QED) is 0.908. The predicted molar refractivity (Wildman–Crippen MR) is 83.0 cm³/mol. The van der Waals surface area contributed by atoms with Crippen LogP contribution in [0.1, 0.15) is 6.42 Å². The predicted octanol–water partition coefficient (Wildman–Crippen LogP) is 1.96. The van der Waals surface area contributed by atoms with Gasteiger partial charge < -0.3 is 19.9 Å². The average Bonchev–Trinajstić information content (AvgIpc) is 3.01. The van der Waals surface area contributed by atoms with Gasteiger partial charge in [-0.3, -0.25) is 0 Å². The summed E-state index contributed by atoms with van der Waals surface area (Å²) in [5, 5.41) is 3.78. The summed E-state index contributed by atoms with van der Waals surface area (Å²) < 4.78 is 5.28. The Morgan fingerprint density at radius 3 is 2.52 bits per heavy atom. The number of hydrogen-bond acceptors (Lipinski definition) is 3. The van der Waals surface area contributed by atoms with Crippen LogP contribution in [0.4, 0.5) is 10.5 Å². The van der Waals surface area contributed by atoms with Gasteiger partial charge in [-0.05, 0) is 30.7 Å². The van der Waals surface area contributed by atoms with Gasteiger partial charge in [0.2, 0.25) is 0 Å². The van der Waals surface area contributed by atoms with E-state index in [1.807, 2.05) is 29.2 Å². The molecule has 0 spiro atoms. The molecule has 5 nitrogen and oxygen atoms in total. The van der Waals surface area contributed by atoms with E-state index in [1.54, 1.807) is 0 Å². The highest BCUT2D eigenvalue weighted by molar-refractivity contribution is 6.30. The summed E-state index contributed by atoms with van der Waals surface area (Å²) in [6.07, 6.45) is 0.913. The number of rotatable bonds is 2. The number of nitrogens with zero attached hydrogens (tertiary/aromatic N) is 2. The second kappa shape index (κ2) is 6.54. The summed E-state index contributed by atoms with van der Waals surface area (Å²) in [5.74, 6) is 0. The van der Waals surface area contributed by atoms with E-state index in [-0.39, 0.29) is 12.1 Å². The number of urea groups is 1. The molecular formula is C15H20ClN3O2. The molecule has 114 valence electrons. The molecule has 2 amide bonds. The maximum Gasteiger partial charge on any atom is 0.317 e. The van der Waals surface area contributed by atoms with Crippen molar-refractivity contribution in [3.8, 4) is 0 Å². The Hall–Kier alpha value is -1.46. The minimum Gasteiger partial charge on any atom is -0.379 e. The Labute approximate surface area is 129 Å². The van der Waals surface area contributed by atoms with Gasteiger partial charge >= 0.3 is 6.03 Å². The second-order valence-corrected chi connectivity index (χ2v) is 5.90. The number of benzene rings is 1. The van der Waals surface area contributed by atoms with Crippen LogP contribution in [-0.4, -0.2) is 56.4 Å². The van der Waals surface area contributed by atoms with Crippen LogP contribution < -0.4 is 10.2 Å². The van der Waals surface area contributed by atoms with Crippen LogP contribution in [0.25, 0.3) is 0 Å². The third kappa shape index (κ3) is 3.60. The van der Waals surface area contributed by atoms with E-state index < -0.39 is 0 Å². The molecule has 2 aliphatic rings. The Kier molecular flexibility index (Phi) is 4.51. The molecule has 3 rings (SSSR count). The van der Waals surface area contributed by atoms with Crippen molar-refractivity contribution in [2.24, 2.45) is 0 Å². The summed E-state index contributed by atoms with van der Waals surface area (Å²) in [5.41, 5.74) is 1.16. The Balaban J connectivity index is 1.50. The van der Waals surface area contributed by atoms with Gasteiger partial charge in [-0.1, -0.05) is 11.6 Å². The number of amides is 2. The smallest absolute Gasteiger partial charge is 0.317 e. The number of nitrogens with one attached hydrogen (secondary N) is 1. The standard InChI is InChI=1S/C15H20ClN3O2/c16-12-1-3-14(4-2-12)18-6-8-19(9-7-18)15(20)17-13-5-10-21-11-13/h1-4,13H,5-11H2,(H,17,20). The topological polar surface area (TPSA) is 44.8 Å². The van der Waals surface area contributed by atoms with Gasteiger partial charge in [0.15, 0.2) is 0 Å². The van der Waals surface area contributed by atoms with Gasteiger partial charge in [-0.2, -0.15) is 0 Å². The molecule has 2 saturated heterocycles. The minimum atomic E-state index is 0.0289. The molecule has 0 aliphatic carbocycles. The van der Waals surface area contributed by atoms with Crippen LogP contribution in [0.3, 0.4) is 0 Å². The van der Waals surface area contributed by atoms with Crippen molar-refractivity contribution >= 4 is 23.3 Å². The van der Waals surface area contributed by atoms with E-state index >= 15 is 0 Å². The average molecular weight is 310 g/mol. The highest BCUT2D eigenvalue weighted by Gasteiger charge is 2.24. The Morgan fingerprint density at radius 2 is 1.90 bits per heavy atom. The lowest BCUT2D eigenvalue weighted by atomic mass is 10.2. The van der Waals surface area contributed by atoms with Crippen molar-refractivity contribution in [2.75, 3.05) is 44.3 Å². The molecule has 2 aliphatic heterocycles. The molecule has 2 fully saturated rings. The van der Waals surface area contributed by atoms with Gasteiger partial charge in [0.1, 0.15) is 0 Å². The first-order valence-corrected chi connectivity index (χ1v) is 7.74. The SMILES string of the molecule is O=C(NC1CCOC1)N1CCN(c2ccc(Cl)cc2)CC1. The number of piperazine rings is 1. The molecule has 1 aromatic rings. The summed E-state index contributed by atoms with van der Waals surface area (Å²) in [6, 6.07) is 8.04. The zero-order valence-electron chi connectivity index (χ0n) is 11.9. The molecule has 0 saturated carbocycles. The largest absolute Gasteiger partial charge is 0.379 e. The molecule has 6 heteroatoms. The Morgan fingerprint density at radius 1 is 1.19 bits per heavy atom. The van der Waals surface area contributed by atoms with Gasteiger partial charge in [0.05, 0.1) is 12.6 Å². The molecule has 0 radical (unpaired) electrons. The van der Waals surface area contributed by atoms with E-state index in [9.17, 15) is 4.79 Å². The number of hydrogen-bond donors (Lipinski definition) is 1. The molecule has 21 heavy (non-hydrogen) atoms. The van der Waals surface area contributed by atoms with Crippen LogP contribution in [0.2, 0.25) is 5.02 Å². The summed E-state index contributed by atoms with van der Waals surface area (Å²) in [4.78, 5) is 16.3. The van der Waals surface area contributed by atoms with E-state index in [4.69, 9.17) is 16.3 Å². The zero-order chi connectivity index (χ0) is 14.7. The van der Waals surface area contributed by atoms with E-state index in [1.165, 1.54) is 0 Å². The van der Waals surface area contributed by atoms with Gasteiger partial charge in [0.25, 0.3) is 0 Å². The normalized spacial score (nSPS) is 22.4. The van der Waals surface area contributed by atoms with Crippen LogP contribution in [0.15, 0.2) is 24.3 Å². The summed E-state index contributed by atoms with van der Waals surface area (Å²) >= 11 is 5.91. The molecule has 0 bridgehead atoms. The first kappa shape index (κ1) is 14.5. The first-order chi connectivity index (χ1) is 10.2. The lowest BCUT2D eigenvalue weighted by Gasteiger charge is -2.36. The molecule has 2 heterocycles. The molecular weight excluding hydrogens is 290 g/mol. The van der Waals surface area contributed by atoms with E-state index in [0.717, 1.165) is 49.9 Å². The van der Waals surface area contributed by atoms with Crippen molar-refractivity contribution < 1.29 is 9.53 Å². The molecule has 1 aromatic carbocycles. The molecule has 1 N–H and O–H groups in total. The van der Waals surface area contributed by atoms with Crippen molar-refractivity contribution in [3.05, 3.63) is 29.3 Å². The Bertz CT molecular complexity index is 480. The summed E-state index contributed by atoms with van der Waals surface area (Å²) in [6.45, 7) is 4.54. The molecule has 1 unspecified atom stereocenters. The number of anilines is 1. The van der Waals surface area contributed by atoms with Crippen molar-refractivity contribution in [3.63, 3.8) is 0 Å². The third-order valence-electron chi connectivity index (χ3n) is 4.02. The van der Waals surface area contributed by atoms with E-state index in [0.29, 0.717) is 6.61 Å². The van der Waals surface area contributed by atoms with Gasteiger partial charge in [0, 0.05) is 43.5 Å². The highest BCUT2D eigenvalue weighted by atomic mass is 35.5. The minimum absolute atomic E-state index is 0.0289. The third-order valence-corrected chi connectivity index (χ3v) is 4.27. The summed E-state index contributed by atoms with van der Waals surface area (Å²) in [7, 11) is 0. The second-order valence-electron chi connectivity index (χ2n) is 5.46. The zero-order valence-corrected chi connectivity index (χ0v) is 12.7. The maximum absolute atomic E-state index is 12.2. The lowest BCUT2D eigenvalue weighted by molar-refractivity contribution is 0.176. The molecule has 0 aromatic heterocycles. The number of carbonyl (C=O) groups excluding carboxylic acids is 1. The molecule has 1 atom stereocenters. The fourth-order valence-electron chi connectivity index (χ4n) is 2.73.